The Kier molecular flexibility index (Phi) is 7.51. The second-order valence-electron chi connectivity index (χ2n) is 7.50. The Morgan fingerprint density at radius 2 is 1.79 bits per heavy atom. The maximum Gasteiger partial charge on any atom is 0.191 e. The van der Waals surface area contributed by atoms with Crippen LogP contribution in [0.5, 0.6) is 0 Å². The monoisotopic (exact) mass is 383 g/mol. The number of aliphatic imine (C=N–C) groups is 1. The summed E-state index contributed by atoms with van der Waals surface area (Å²) in [6.07, 6.45) is 4.27. The maximum atomic E-state index is 5.71. The number of hydrogen-bond acceptors (Lipinski definition) is 4. The lowest BCUT2D eigenvalue weighted by atomic mass is 10.1. The molecule has 0 radical (unpaired) electrons. The first-order chi connectivity index (χ1) is 13.7. The minimum Gasteiger partial charge on any atom is -0.468 e. The molecule has 1 aliphatic heterocycles. The Hall–Kier alpha value is -2.31. The number of likely N-dealkylation sites (tertiary alicyclic amines) is 1. The van der Waals surface area contributed by atoms with E-state index in [2.05, 4.69) is 75.9 Å². The van der Waals surface area contributed by atoms with Crippen LogP contribution in [0.15, 0.2) is 58.1 Å². The predicted octanol–water partition coefficient (Wildman–Crippen LogP) is 2.88. The van der Waals surface area contributed by atoms with Gasteiger partial charge in [-0.15, -0.1) is 0 Å². The third kappa shape index (κ3) is 5.36. The molecular weight excluding hydrogens is 350 g/mol. The Morgan fingerprint density at radius 1 is 1.07 bits per heavy atom. The van der Waals surface area contributed by atoms with E-state index in [4.69, 9.17) is 4.42 Å². The highest BCUT2D eigenvalue weighted by molar-refractivity contribution is 5.79. The van der Waals surface area contributed by atoms with Crippen LogP contribution >= 0.6 is 0 Å². The molecule has 0 spiro atoms. The van der Waals surface area contributed by atoms with Gasteiger partial charge in [-0.05, 0) is 57.7 Å². The van der Waals surface area contributed by atoms with E-state index in [1.165, 1.54) is 18.4 Å². The molecule has 6 nitrogen and oxygen atoms in total. The molecule has 1 aliphatic rings. The van der Waals surface area contributed by atoms with E-state index in [1.807, 2.05) is 13.1 Å². The van der Waals surface area contributed by atoms with Gasteiger partial charge in [-0.1, -0.05) is 30.3 Å². The van der Waals surface area contributed by atoms with Crippen LogP contribution in [-0.4, -0.2) is 63.1 Å². The Labute approximate surface area is 168 Å². The number of likely N-dealkylation sites (N-methyl/N-ethyl adjacent to an activating group) is 1. The molecule has 0 amide bonds. The molecule has 6 heteroatoms. The molecule has 0 aliphatic carbocycles. The lowest BCUT2D eigenvalue weighted by molar-refractivity contribution is 0.215. The van der Waals surface area contributed by atoms with Crippen molar-refractivity contribution < 1.29 is 4.42 Å². The van der Waals surface area contributed by atoms with Crippen molar-refractivity contribution in [2.24, 2.45) is 4.99 Å². The first-order valence-corrected chi connectivity index (χ1v) is 10.1. The Balaban J connectivity index is 1.58. The van der Waals surface area contributed by atoms with Gasteiger partial charge in [0.1, 0.15) is 5.76 Å². The van der Waals surface area contributed by atoms with Crippen molar-refractivity contribution in [3.05, 3.63) is 60.1 Å². The lowest BCUT2D eigenvalue weighted by Crippen LogP contribution is -2.45. The second kappa shape index (κ2) is 10.3. The van der Waals surface area contributed by atoms with Crippen molar-refractivity contribution in [2.45, 2.75) is 24.9 Å². The van der Waals surface area contributed by atoms with Gasteiger partial charge < -0.3 is 20.0 Å². The van der Waals surface area contributed by atoms with E-state index in [9.17, 15) is 0 Å². The van der Waals surface area contributed by atoms with E-state index < -0.39 is 0 Å². The summed E-state index contributed by atoms with van der Waals surface area (Å²) in [4.78, 5) is 9.14. The molecule has 2 aromatic rings. The van der Waals surface area contributed by atoms with Gasteiger partial charge in [0.05, 0.1) is 18.3 Å². The molecule has 1 saturated heterocycles. The van der Waals surface area contributed by atoms with E-state index in [1.54, 1.807) is 6.26 Å². The van der Waals surface area contributed by atoms with Gasteiger partial charge in [-0.3, -0.25) is 9.89 Å². The average Bonchev–Trinajstić information content (AvgIpc) is 3.42. The van der Waals surface area contributed by atoms with Gasteiger partial charge in [0.15, 0.2) is 5.96 Å². The molecule has 1 fully saturated rings. The maximum absolute atomic E-state index is 5.71. The fourth-order valence-corrected chi connectivity index (χ4v) is 3.82. The molecule has 2 unspecified atom stereocenters. The van der Waals surface area contributed by atoms with Gasteiger partial charge in [0.25, 0.3) is 0 Å². The quantitative estimate of drug-likeness (QED) is 0.542. The van der Waals surface area contributed by atoms with Crippen molar-refractivity contribution in [1.29, 1.82) is 0 Å². The lowest BCUT2D eigenvalue weighted by Gasteiger charge is -2.28. The molecule has 28 heavy (non-hydrogen) atoms. The molecule has 3 rings (SSSR count). The fourth-order valence-electron chi connectivity index (χ4n) is 3.82. The first kappa shape index (κ1) is 20.4. The van der Waals surface area contributed by atoms with Crippen molar-refractivity contribution in [3.63, 3.8) is 0 Å². The molecule has 2 atom stereocenters. The highest BCUT2D eigenvalue weighted by atomic mass is 16.3. The van der Waals surface area contributed by atoms with E-state index >= 15 is 0 Å². The normalized spacial score (nSPS) is 17.6. The third-order valence-corrected chi connectivity index (χ3v) is 5.41. The van der Waals surface area contributed by atoms with Crippen LogP contribution < -0.4 is 10.6 Å². The molecular formula is C22H33N5O. The number of nitrogens with zero attached hydrogens (tertiary/aromatic N) is 3. The van der Waals surface area contributed by atoms with E-state index in [-0.39, 0.29) is 12.1 Å². The van der Waals surface area contributed by atoms with Gasteiger partial charge in [-0.25, -0.2) is 0 Å². The summed E-state index contributed by atoms with van der Waals surface area (Å²) in [5.74, 6) is 1.83. The van der Waals surface area contributed by atoms with Crippen LogP contribution in [0.1, 0.15) is 36.2 Å². The average molecular weight is 384 g/mol. The summed E-state index contributed by atoms with van der Waals surface area (Å²) in [6, 6.07) is 15.1. The van der Waals surface area contributed by atoms with Crippen LogP contribution in [0.3, 0.4) is 0 Å². The highest BCUT2D eigenvalue weighted by Crippen LogP contribution is 2.24. The SMILES string of the molecule is CN=C(NCC(c1ccccc1)N(C)C)NCC(c1ccco1)N1CCCC1. The summed E-state index contributed by atoms with van der Waals surface area (Å²) >= 11 is 0. The van der Waals surface area contributed by atoms with Gasteiger partial charge >= 0.3 is 0 Å². The molecule has 1 aromatic heterocycles. The van der Waals surface area contributed by atoms with Gasteiger partial charge in [-0.2, -0.15) is 0 Å². The number of nitrogens with one attached hydrogen (secondary N) is 2. The Morgan fingerprint density at radius 3 is 2.39 bits per heavy atom. The minimum atomic E-state index is 0.231. The van der Waals surface area contributed by atoms with Crippen LogP contribution in [0.2, 0.25) is 0 Å². The van der Waals surface area contributed by atoms with Crippen molar-refractivity contribution in [2.75, 3.05) is 47.3 Å². The third-order valence-electron chi connectivity index (χ3n) is 5.41. The topological polar surface area (TPSA) is 56.0 Å². The summed E-state index contributed by atoms with van der Waals surface area (Å²) < 4.78 is 5.71. The molecule has 0 saturated carbocycles. The largest absolute Gasteiger partial charge is 0.468 e. The van der Waals surface area contributed by atoms with Crippen LogP contribution in [0.4, 0.5) is 0 Å². The van der Waals surface area contributed by atoms with E-state index in [0.717, 1.165) is 37.9 Å². The summed E-state index contributed by atoms with van der Waals surface area (Å²) in [7, 11) is 6.03. The summed E-state index contributed by atoms with van der Waals surface area (Å²) in [6.45, 7) is 3.79. The zero-order valence-electron chi connectivity index (χ0n) is 17.3. The summed E-state index contributed by atoms with van der Waals surface area (Å²) in [5, 5.41) is 6.99. The predicted molar refractivity (Wildman–Crippen MR) is 114 cm³/mol. The van der Waals surface area contributed by atoms with Crippen LogP contribution in [0, 0.1) is 0 Å². The van der Waals surface area contributed by atoms with E-state index in [0.29, 0.717) is 0 Å². The number of guanidine groups is 1. The smallest absolute Gasteiger partial charge is 0.191 e. The second-order valence-corrected chi connectivity index (χ2v) is 7.50. The fraction of sp³-hybridized carbons (Fsp3) is 0.500. The standard InChI is InChI=1S/C22H33N5O/c1-23-22(24-16-19(26(2)3)18-10-5-4-6-11-18)25-17-20(21-12-9-15-28-21)27-13-7-8-14-27/h4-6,9-12,15,19-20H,7-8,13-14,16-17H2,1-3H3,(H2,23,24,25). The molecule has 152 valence electrons. The number of hydrogen-bond donors (Lipinski definition) is 2. The Bertz CT molecular complexity index is 708. The molecule has 1 aromatic carbocycles. The zero-order valence-corrected chi connectivity index (χ0v) is 17.3. The van der Waals surface area contributed by atoms with Gasteiger partial charge in [0, 0.05) is 20.1 Å². The summed E-state index contributed by atoms with van der Waals surface area (Å²) in [5.41, 5.74) is 1.29. The molecule has 2 N–H and O–H groups in total. The highest BCUT2D eigenvalue weighted by Gasteiger charge is 2.25. The van der Waals surface area contributed by atoms with Gasteiger partial charge in [0.2, 0.25) is 0 Å². The van der Waals surface area contributed by atoms with Crippen molar-refractivity contribution >= 4 is 5.96 Å². The van der Waals surface area contributed by atoms with Crippen LogP contribution in [0.25, 0.3) is 0 Å². The molecule has 0 bridgehead atoms. The minimum absolute atomic E-state index is 0.231. The van der Waals surface area contributed by atoms with Crippen molar-refractivity contribution in [3.8, 4) is 0 Å². The number of benzene rings is 1. The zero-order chi connectivity index (χ0) is 19.8. The molecule has 2 heterocycles. The number of rotatable bonds is 8. The van der Waals surface area contributed by atoms with Crippen molar-refractivity contribution in [1.82, 2.24) is 20.4 Å². The van der Waals surface area contributed by atoms with Crippen LogP contribution in [-0.2, 0) is 0 Å². The number of furan rings is 1. The first-order valence-electron chi connectivity index (χ1n) is 10.1.